The SMILES string of the molecule is NC1=NC(O)[C@H]2C3OC4(O)OC(C(O)[C@@]2(N1)[C@@H]4O)[C@]3(O)CO. The average molecular weight is 319 g/mol. The van der Waals surface area contributed by atoms with E-state index in [0.29, 0.717) is 0 Å². The molecule has 9 N–H and O–H groups in total. The monoisotopic (exact) mass is 319 g/mol. The third kappa shape index (κ3) is 1.28. The highest BCUT2D eigenvalue weighted by Crippen LogP contribution is 2.58. The largest absolute Gasteiger partial charge is 0.393 e. The normalized spacial score (nSPS) is 62.4. The van der Waals surface area contributed by atoms with Gasteiger partial charge in [0.05, 0.1) is 12.5 Å². The molecule has 5 unspecified atom stereocenters. The second kappa shape index (κ2) is 3.88. The van der Waals surface area contributed by atoms with Crippen molar-refractivity contribution in [2.45, 2.75) is 47.8 Å². The number of hydrogen-bond donors (Lipinski definition) is 8. The van der Waals surface area contributed by atoms with Gasteiger partial charge in [0, 0.05) is 0 Å². The lowest BCUT2D eigenvalue weighted by Gasteiger charge is -2.71. The van der Waals surface area contributed by atoms with Gasteiger partial charge in [-0.15, -0.1) is 0 Å². The lowest BCUT2D eigenvalue weighted by molar-refractivity contribution is -0.548. The first-order valence-electron chi connectivity index (χ1n) is 6.77. The Kier molecular flexibility index (Phi) is 2.57. The molecule has 5 rings (SSSR count). The summed E-state index contributed by atoms with van der Waals surface area (Å²) in [4.78, 5) is 3.70. The van der Waals surface area contributed by atoms with Gasteiger partial charge in [-0.25, -0.2) is 4.99 Å². The third-order valence-electron chi connectivity index (χ3n) is 5.22. The fourth-order valence-corrected chi connectivity index (χ4v) is 4.24. The Hall–Kier alpha value is -1.05. The molecule has 4 bridgehead atoms. The molecule has 22 heavy (non-hydrogen) atoms. The van der Waals surface area contributed by atoms with Gasteiger partial charge in [0.1, 0.15) is 29.5 Å². The van der Waals surface area contributed by atoms with Crippen LogP contribution in [0, 0.1) is 5.92 Å². The van der Waals surface area contributed by atoms with Gasteiger partial charge in [0.25, 0.3) is 0 Å². The van der Waals surface area contributed by atoms with Gasteiger partial charge in [-0.2, -0.15) is 0 Å². The van der Waals surface area contributed by atoms with Gasteiger partial charge in [-0.3, -0.25) is 0 Å². The number of nitrogens with zero attached hydrogens (tertiary/aromatic N) is 1. The van der Waals surface area contributed by atoms with E-state index < -0.39 is 60.3 Å². The van der Waals surface area contributed by atoms with Crippen molar-refractivity contribution >= 4 is 5.96 Å². The predicted molar refractivity (Wildman–Crippen MR) is 65.7 cm³/mol. The van der Waals surface area contributed by atoms with Crippen LogP contribution in [0.15, 0.2) is 4.99 Å². The van der Waals surface area contributed by atoms with Crippen molar-refractivity contribution in [1.29, 1.82) is 0 Å². The van der Waals surface area contributed by atoms with Crippen molar-refractivity contribution < 1.29 is 40.1 Å². The molecule has 0 amide bonds. The summed E-state index contributed by atoms with van der Waals surface area (Å²) >= 11 is 0. The molecule has 5 aliphatic rings. The molecular weight excluding hydrogens is 302 g/mol. The highest BCUT2D eigenvalue weighted by atomic mass is 16.9. The van der Waals surface area contributed by atoms with Crippen LogP contribution in [0.2, 0.25) is 0 Å². The van der Waals surface area contributed by atoms with Gasteiger partial charge in [-0.05, 0) is 0 Å². The lowest BCUT2D eigenvalue weighted by atomic mass is 9.55. The predicted octanol–water partition coefficient (Wildman–Crippen LogP) is -5.52. The molecule has 0 radical (unpaired) electrons. The molecule has 4 heterocycles. The molecule has 1 saturated carbocycles. The molecule has 11 heteroatoms. The van der Waals surface area contributed by atoms with E-state index >= 15 is 0 Å². The summed E-state index contributed by atoms with van der Waals surface area (Å²) in [6.07, 6.45) is -7.77. The van der Waals surface area contributed by atoms with Crippen LogP contribution in [0.3, 0.4) is 0 Å². The minimum atomic E-state index is -2.52. The second-order valence-electron chi connectivity index (χ2n) is 6.22. The summed E-state index contributed by atoms with van der Waals surface area (Å²) in [7, 11) is 0. The van der Waals surface area contributed by atoms with Crippen molar-refractivity contribution in [1.82, 2.24) is 5.32 Å². The molecule has 0 aromatic carbocycles. The summed E-state index contributed by atoms with van der Waals surface area (Å²) in [5, 5.41) is 64.3. The maximum atomic E-state index is 10.6. The van der Waals surface area contributed by atoms with E-state index in [0.717, 1.165) is 0 Å². The smallest absolute Gasteiger partial charge is 0.311 e. The maximum absolute atomic E-state index is 10.6. The van der Waals surface area contributed by atoms with Crippen LogP contribution in [0.25, 0.3) is 0 Å². The van der Waals surface area contributed by atoms with E-state index in [-0.39, 0.29) is 5.96 Å². The van der Waals surface area contributed by atoms with E-state index in [1.807, 2.05) is 0 Å². The van der Waals surface area contributed by atoms with Crippen molar-refractivity contribution in [3.05, 3.63) is 0 Å². The summed E-state index contributed by atoms with van der Waals surface area (Å²) in [6.45, 7) is -0.857. The third-order valence-corrected chi connectivity index (χ3v) is 5.22. The number of aliphatic hydroxyl groups excluding tert-OH is 4. The zero-order valence-electron chi connectivity index (χ0n) is 11.2. The maximum Gasteiger partial charge on any atom is 0.311 e. The zero-order valence-corrected chi connectivity index (χ0v) is 11.2. The minimum Gasteiger partial charge on any atom is -0.393 e. The van der Waals surface area contributed by atoms with Crippen LogP contribution in [0.5, 0.6) is 0 Å². The van der Waals surface area contributed by atoms with Crippen LogP contribution in [-0.2, 0) is 9.47 Å². The van der Waals surface area contributed by atoms with E-state index in [2.05, 4.69) is 10.3 Å². The molecule has 9 atom stereocenters. The quantitative estimate of drug-likeness (QED) is 0.231. The lowest BCUT2D eigenvalue weighted by Crippen LogP contribution is -2.95. The first-order chi connectivity index (χ1) is 10.2. The van der Waals surface area contributed by atoms with Gasteiger partial charge >= 0.3 is 5.97 Å². The topological polar surface area (TPSA) is 190 Å². The number of hydrogen-bond acceptors (Lipinski definition) is 11. The Morgan fingerprint density at radius 2 is 1.82 bits per heavy atom. The van der Waals surface area contributed by atoms with Crippen LogP contribution in [-0.4, -0.2) is 91.0 Å². The number of guanidine groups is 1. The molecule has 124 valence electrons. The standard InChI is InChI=1S/C11H17N3O8/c12-8-13-6(17)2-4-9(19,1-15)5-3(16)10(2,14-8)7(18)11(20,21-4)22-5/h2-7,15-20H,1H2,(H3,12,13,14)/t2-,3?,4?,5?,6?,7+,9+,10-,11?/m1/s1. The molecule has 11 nitrogen and oxygen atoms in total. The highest BCUT2D eigenvalue weighted by Gasteiger charge is 2.82. The number of rotatable bonds is 1. The van der Waals surface area contributed by atoms with Crippen LogP contribution >= 0.6 is 0 Å². The van der Waals surface area contributed by atoms with Crippen molar-refractivity contribution in [2.24, 2.45) is 16.6 Å². The Bertz CT molecular complexity index is 561. The fourth-order valence-electron chi connectivity index (χ4n) is 4.24. The van der Waals surface area contributed by atoms with Crippen LogP contribution in [0.4, 0.5) is 0 Å². The number of ether oxygens (including phenoxy) is 2. The number of nitrogens with one attached hydrogen (secondary N) is 1. The Balaban J connectivity index is 1.95. The average Bonchev–Trinajstić information content (AvgIpc) is 2.45. The number of aliphatic imine (C=N–C) groups is 1. The van der Waals surface area contributed by atoms with Crippen molar-refractivity contribution in [2.75, 3.05) is 6.61 Å². The Labute approximate surface area is 123 Å². The summed E-state index contributed by atoms with van der Waals surface area (Å²) in [5.74, 6) is -3.95. The Morgan fingerprint density at radius 3 is 2.45 bits per heavy atom. The minimum absolute atomic E-state index is 0.250. The van der Waals surface area contributed by atoms with Gasteiger partial charge in [0.2, 0.25) is 0 Å². The molecule has 1 aliphatic carbocycles. The van der Waals surface area contributed by atoms with E-state index in [1.54, 1.807) is 0 Å². The summed E-state index contributed by atoms with van der Waals surface area (Å²) in [5.41, 5.74) is 1.74. The Morgan fingerprint density at radius 1 is 1.18 bits per heavy atom. The number of nitrogens with two attached hydrogens (primary N) is 1. The van der Waals surface area contributed by atoms with Crippen LogP contribution in [0.1, 0.15) is 0 Å². The van der Waals surface area contributed by atoms with Crippen molar-refractivity contribution in [3.63, 3.8) is 0 Å². The first kappa shape index (κ1) is 14.5. The van der Waals surface area contributed by atoms with Gasteiger partial charge < -0.3 is 51.2 Å². The van der Waals surface area contributed by atoms with Crippen molar-refractivity contribution in [3.8, 4) is 0 Å². The molecule has 0 aromatic heterocycles. The molecule has 3 saturated heterocycles. The summed E-state index contributed by atoms with van der Waals surface area (Å²) < 4.78 is 10.3. The van der Waals surface area contributed by atoms with E-state index in [9.17, 15) is 30.6 Å². The van der Waals surface area contributed by atoms with Crippen LogP contribution < -0.4 is 11.1 Å². The first-order valence-corrected chi connectivity index (χ1v) is 6.77. The summed E-state index contributed by atoms with van der Waals surface area (Å²) in [6, 6.07) is 0. The zero-order chi connectivity index (χ0) is 16.1. The fraction of sp³-hybridized carbons (Fsp3) is 0.909. The van der Waals surface area contributed by atoms with Gasteiger partial charge in [0.15, 0.2) is 18.3 Å². The molecule has 0 aromatic rings. The van der Waals surface area contributed by atoms with E-state index in [1.165, 1.54) is 0 Å². The molecule has 1 spiro atoms. The highest BCUT2D eigenvalue weighted by molar-refractivity contribution is 5.80. The molecule has 4 fully saturated rings. The second-order valence-corrected chi connectivity index (χ2v) is 6.22. The number of aliphatic hydroxyl groups is 6. The van der Waals surface area contributed by atoms with E-state index in [4.69, 9.17) is 15.2 Å². The van der Waals surface area contributed by atoms with Gasteiger partial charge in [-0.1, -0.05) is 0 Å². The molecule has 4 aliphatic heterocycles. The molecular formula is C11H17N3O8.